The Kier molecular flexibility index (Phi) is 3.00. The smallest absolute Gasteiger partial charge is 0.0865 e. The Labute approximate surface area is 94.6 Å². The summed E-state index contributed by atoms with van der Waals surface area (Å²) in [6.45, 7) is -0.0969. The molecule has 1 N–H and O–H groups in total. The van der Waals surface area contributed by atoms with Crippen LogP contribution in [0.4, 0.5) is 0 Å². The van der Waals surface area contributed by atoms with Gasteiger partial charge in [0.25, 0.3) is 0 Å². The number of hydrogen-bond acceptors (Lipinski definition) is 2. The van der Waals surface area contributed by atoms with Crippen molar-refractivity contribution in [2.24, 2.45) is 0 Å². The second-order valence-electron chi connectivity index (χ2n) is 3.38. The van der Waals surface area contributed by atoms with E-state index in [0.717, 1.165) is 0 Å². The number of benzene rings is 1. The van der Waals surface area contributed by atoms with Crippen LogP contribution in [-0.2, 0) is 6.61 Å². The van der Waals surface area contributed by atoms with Gasteiger partial charge in [0.15, 0.2) is 0 Å². The van der Waals surface area contributed by atoms with Gasteiger partial charge >= 0.3 is 0 Å². The molecule has 0 atom stereocenters. The molecule has 0 aliphatic heterocycles. The van der Waals surface area contributed by atoms with E-state index in [1.807, 2.05) is 0 Å². The minimum atomic E-state index is -0.0969. The van der Waals surface area contributed by atoms with Crippen LogP contribution >= 0.6 is 0 Å². The molecule has 16 heavy (non-hydrogen) atoms. The summed E-state index contributed by atoms with van der Waals surface area (Å²) >= 11 is 0. The molecule has 2 aliphatic carbocycles. The van der Waals surface area contributed by atoms with Crippen molar-refractivity contribution in [3.63, 3.8) is 0 Å². The molecule has 0 aromatic carbocycles. The number of terminal acetylenes is 1. The maximum absolute atomic E-state index is 8.69. The van der Waals surface area contributed by atoms with Crippen LogP contribution in [0, 0.1) is 12.3 Å². The van der Waals surface area contributed by atoms with Crippen molar-refractivity contribution in [1.82, 2.24) is 4.98 Å². The standard InChI is InChI=1S/C8H7NO.C6H4/c1-2-7-4-3-5-9-8(7)6-10;1-2-5-4-6(5)3-1/h1,3-5,10H,6H2;1-4H. The highest BCUT2D eigenvalue weighted by Crippen LogP contribution is 2.32. The van der Waals surface area contributed by atoms with Crippen LogP contribution in [0.1, 0.15) is 11.3 Å². The van der Waals surface area contributed by atoms with E-state index in [9.17, 15) is 0 Å². The number of fused-ring (bicyclic) bond motifs is 1. The lowest BCUT2D eigenvalue weighted by Crippen LogP contribution is -1.91. The van der Waals surface area contributed by atoms with Gasteiger partial charge in [0.1, 0.15) is 0 Å². The summed E-state index contributed by atoms with van der Waals surface area (Å²) in [6, 6.07) is 12.0. The SMILES string of the molecule is C#Cc1cccnc1CO.c1cc2cc-2c1. The van der Waals surface area contributed by atoms with Gasteiger partial charge in [-0.15, -0.1) is 6.42 Å². The Morgan fingerprint density at radius 3 is 2.31 bits per heavy atom. The molecule has 0 fully saturated rings. The van der Waals surface area contributed by atoms with Crippen molar-refractivity contribution in [1.29, 1.82) is 0 Å². The molecular weight excluding hydrogens is 198 g/mol. The van der Waals surface area contributed by atoms with Gasteiger partial charge in [0, 0.05) is 11.8 Å². The van der Waals surface area contributed by atoms with Gasteiger partial charge < -0.3 is 5.11 Å². The van der Waals surface area contributed by atoms with E-state index in [1.54, 1.807) is 18.3 Å². The minimum absolute atomic E-state index is 0.0969. The lowest BCUT2D eigenvalue weighted by molar-refractivity contribution is 0.276. The topological polar surface area (TPSA) is 33.1 Å². The maximum Gasteiger partial charge on any atom is 0.0865 e. The van der Waals surface area contributed by atoms with Crippen LogP contribution in [0.3, 0.4) is 0 Å². The van der Waals surface area contributed by atoms with E-state index in [2.05, 4.69) is 35.2 Å². The maximum atomic E-state index is 8.69. The van der Waals surface area contributed by atoms with Crippen LogP contribution in [0.25, 0.3) is 11.1 Å². The number of hydrogen-bond donors (Lipinski definition) is 1. The predicted molar refractivity (Wildman–Crippen MR) is 63.5 cm³/mol. The molecule has 0 radical (unpaired) electrons. The lowest BCUT2D eigenvalue weighted by Gasteiger charge is -1.95. The molecule has 0 bridgehead atoms. The zero-order valence-electron chi connectivity index (χ0n) is 8.72. The van der Waals surface area contributed by atoms with Gasteiger partial charge in [-0.3, -0.25) is 4.98 Å². The van der Waals surface area contributed by atoms with E-state index < -0.39 is 0 Å². The van der Waals surface area contributed by atoms with Crippen LogP contribution < -0.4 is 0 Å². The fraction of sp³-hybridized carbons (Fsp3) is 0.0714. The van der Waals surface area contributed by atoms with Crippen molar-refractivity contribution in [3.05, 3.63) is 53.9 Å². The van der Waals surface area contributed by atoms with Gasteiger partial charge in [-0.1, -0.05) is 24.1 Å². The molecule has 3 rings (SSSR count). The van der Waals surface area contributed by atoms with E-state index in [0.29, 0.717) is 11.3 Å². The quantitative estimate of drug-likeness (QED) is 0.623. The largest absolute Gasteiger partial charge is 0.390 e. The van der Waals surface area contributed by atoms with Gasteiger partial charge in [-0.2, -0.15) is 0 Å². The third-order valence-electron chi connectivity index (χ3n) is 2.31. The zero-order chi connectivity index (χ0) is 11.4. The van der Waals surface area contributed by atoms with E-state index in [-0.39, 0.29) is 6.61 Å². The highest BCUT2D eigenvalue weighted by Gasteiger charge is 2.06. The van der Waals surface area contributed by atoms with Crippen molar-refractivity contribution in [2.45, 2.75) is 6.61 Å². The molecular formula is C14H11NO. The van der Waals surface area contributed by atoms with Crippen LogP contribution in [0.2, 0.25) is 0 Å². The number of nitrogens with zero attached hydrogens (tertiary/aromatic N) is 1. The number of aliphatic hydroxyl groups excluding tert-OH is 1. The van der Waals surface area contributed by atoms with Crippen molar-refractivity contribution < 1.29 is 5.11 Å². The molecule has 78 valence electrons. The molecule has 0 spiro atoms. The first-order chi connectivity index (χ1) is 7.85. The number of aromatic nitrogens is 1. The molecule has 2 aliphatic rings. The summed E-state index contributed by atoms with van der Waals surface area (Å²) in [7, 11) is 0. The highest BCUT2D eigenvalue weighted by molar-refractivity contribution is 5.80. The van der Waals surface area contributed by atoms with Crippen LogP contribution in [-0.4, -0.2) is 10.1 Å². The molecule has 2 heteroatoms. The minimum Gasteiger partial charge on any atom is -0.390 e. The van der Waals surface area contributed by atoms with Crippen molar-refractivity contribution in [3.8, 4) is 23.5 Å². The normalized spacial score (nSPS) is 9.75. The summed E-state index contributed by atoms with van der Waals surface area (Å²) in [5, 5.41) is 8.69. The number of rotatable bonds is 1. The summed E-state index contributed by atoms with van der Waals surface area (Å²) in [4.78, 5) is 3.88. The van der Waals surface area contributed by atoms with Crippen LogP contribution in [0.5, 0.6) is 0 Å². The summed E-state index contributed by atoms with van der Waals surface area (Å²) < 4.78 is 0. The Balaban J connectivity index is 0.000000134. The Hall–Kier alpha value is -2.11. The Bertz CT molecular complexity index is 523. The second kappa shape index (κ2) is 4.61. The van der Waals surface area contributed by atoms with E-state index >= 15 is 0 Å². The highest BCUT2D eigenvalue weighted by atomic mass is 16.3. The monoisotopic (exact) mass is 209 g/mol. The molecule has 1 aromatic heterocycles. The third kappa shape index (κ3) is 2.28. The van der Waals surface area contributed by atoms with Gasteiger partial charge in [0.2, 0.25) is 0 Å². The molecule has 0 unspecified atom stereocenters. The van der Waals surface area contributed by atoms with E-state index in [4.69, 9.17) is 11.5 Å². The molecule has 2 nitrogen and oxygen atoms in total. The van der Waals surface area contributed by atoms with Gasteiger partial charge in [-0.25, -0.2) is 0 Å². The summed E-state index contributed by atoms with van der Waals surface area (Å²) in [6.07, 6.45) is 6.73. The first-order valence-corrected chi connectivity index (χ1v) is 4.97. The Morgan fingerprint density at radius 2 is 1.94 bits per heavy atom. The first-order valence-electron chi connectivity index (χ1n) is 4.97. The average molecular weight is 209 g/mol. The predicted octanol–water partition coefficient (Wildman–Crippen LogP) is 2.22. The van der Waals surface area contributed by atoms with Crippen molar-refractivity contribution >= 4 is 0 Å². The molecule has 0 amide bonds. The molecule has 0 saturated carbocycles. The lowest BCUT2D eigenvalue weighted by atomic mass is 10.2. The number of pyridine rings is 1. The third-order valence-corrected chi connectivity index (χ3v) is 2.31. The second-order valence-corrected chi connectivity index (χ2v) is 3.38. The van der Waals surface area contributed by atoms with Gasteiger partial charge in [0.05, 0.1) is 12.3 Å². The first kappa shape index (κ1) is 10.4. The molecule has 0 saturated heterocycles. The Morgan fingerprint density at radius 1 is 1.19 bits per heavy atom. The number of aliphatic hydroxyl groups is 1. The average Bonchev–Trinajstić information content (AvgIpc) is 2.96. The van der Waals surface area contributed by atoms with Gasteiger partial charge in [-0.05, 0) is 29.3 Å². The van der Waals surface area contributed by atoms with Crippen LogP contribution in [0.15, 0.2) is 42.6 Å². The molecule has 1 aromatic rings. The van der Waals surface area contributed by atoms with E-state index in [1.165, 1.54) is 11.1 Å². The zero-order valence-corrected chi connectivity index (χ0v) is 8.72. The fourth-order valence-corrected chi connectivity index (χ4v) is 1.37. The summed E-state index contributed by atoms with van der Waals surface area (Å²) in [5.41, 5.74) is 4.07. The fourth-order valence-electron chi connectivity index (χ4n) is 1.37. The molecule has 1 heterocycles. The van der Waals surface area contributed by atoms with Crippen molar-refractivity contribution in [2.75, 3.05) is 0 Å². The summed E-state index contributed by atoms with van der Waals surface area (Å²) in [5.74, 6) is 2.42.